The Bertz CT molecular complexity index is 1220. The summed E-state index contributed by atoms with van der Waals surface area (Å²) in [5.74, 6) is -1.81. The number of carboxylic acids is 1. The fourth-order valence-electron chi connectivity index (χ4n) is 5.31. The zero-order valence-electron chi connectivity index (χ0n) is 35.4. The number of rotatable bonds is 40. The van der Waals surface area contributed by atoms with E-state index in [-0.39, 0.29) is 13.0 Å². The van der Waals surface area contributed by atoms with Gasteiger partial charge in [-0.3, -0.25) is 18.6 Å². The van der Waals surface area contributed by atoms with Gasteiger partial charge in [-0.15, -0.1) is 0 Å². The van der Waals surface area contributed by atoms with Crippen LogP contribution in [-0.2, 0) is 32.7 Å². The number of unbranched alkanes of at least 4 members (excludes halogenated alkanes) is 12. The second-order valence-corrected chi connectivity index (χ2v) is 15.5. The van der Waals surface area contributed by atoms with Crippen molar-refractivity contribution in [2.75, 3.05) is 26.4 Å². The van der Waals surface area contributed by atoms with Crippen molar-refractivity contribution in [1.82, 2.24) is 0 Å². The monoisotopic (exact) mass is 820 g/mol. The Labute approximate surface area is 346 Å². The van der Waals surface area contributed by atoms with Crippen molar-refractivity contribution in [3.8, 4) is 0 Å². The van der Waals surface area contributed by atoms with Gasteiger partial charge in [0.2, 0.25) is 0 Å². The van der Waals surface area contributed by atoms with Crippen LogP contribution in [-0.4, -0.2) is 60.5 Å². The topological polar surface area (TPSA) is 155 Å². The van der Waals surface area contributed by atoms with E-state index in [0.29, 0.717) is 13.0 Å². The van der Waals surface area contributed by atoms with Crippen molar-refractivity contribution in [1.29, 1.82) is 0 Å². The van der Waals surface area contributed by atoms with Gasteiger partial charge in [0.15, 0.2) is 0 Å². The number of ether oxygens (including phenoxy) is 2. The van der Waals surface area contributed by atoms with Crippen molar-refractivity contribution < 1.29 is 42.7 Å². The molecule has 0 aromatic heterocycles. The number of esters is 1. The molecule has 3 atom stereocenters. The normalized spacial score (nSPS) is 14.7. The number of hydrogen-bond acceptors (Lipinski definition) is 8. The molecule has 0 bridgehead atoms. The van der Waals surface area contributed by atoms with Crippen molar-refractivity contribution in [2.45, 2.75) is 167 Å². The van der Waals surface area contributed by atoms with Gasteiger partial charge >= 0.3 is 19.8 Å². The maximum absolute atomic E-state index is 12.6. The second kappa shape index (κ2) is 41.3. The Hall–Kier alpha value is -2.85. The van der Waals surface area contributed by atoms with Crippen LogP contribution in [0.25, 0.3) is 0 Å². The molecule has 0 spiro atoms. The Balaban J connectivity index is 4.27. The van der Waals surface area contributed by atoms with Crippen LogP contribution in [0.3, 0.4) is 0 Å². The van der Waals surface area contributed by atoms with Crippen LogP contribution < -0.4 is 5.73 Å². The molecule has 0 fully saturated rings. The van der Waals surface area contributed by atoms with Gasteiger partial charge in [-0.05, 0) is 83.5 Å². The quantitative estimate of drug-likeness (QED) is 0.0235. The van der Waals surface area contributed by atoms with Gasteiger partial charge in [0, 0.05) is 13.0 Å². The summed E-state index contributed by atoms with van der Waals surface area (Å²) in [6, 6.07) is -1.48. The molecule has 11 heteroatoms. The van der Waals surface area contributed by atoms with Crippen LogP contribution in [0.15, 0.2) is 85.1 Å². The fourth-order valence-corrected chi connectivity index (χ4v) is 6.09. The number of aliphatic carboxylic acids is 1. The summed E-state index contributed by atoms with van der Waals surface area (Å²) >= 11 is 0. The third-order valence-electron chi connectivity index (χ3n) is 8.64. The van der Waals surface area contributed by atoms with E-state index in [2.05, 4.69) is 98.9 Å². The smallest absolute Gasteiger partial charge is 0.472 e. The Morgan fingerprint density at radius 2 is 1.02 bits per heavy atom. The minimum atomic E-state index is -4.63. The lowest BCUT2D eigenvalue weighted by Crippen LogP contribution is -2.34. The lowest BCUT2D eigenvalue weighted by Gasteiger charge is -2.20. The predicted molar refractivity (Wildman–Crippen MR) is 235 cm³/mol. The molecule has 0 heterocycles. The number of nitrogens with two attached hydrogens (primary N) is 1. The Morgan fingerprint density at radius 1 is 0.579 bits per heavy atom. The molecule has 10 nitrogen and oxygen atoms in total. The zero-order chi connectivity index (χ0) is 41.9. The largest absolute Gasteiger partial charge is 0.480 e. The molecule has 0 aliphatic heterocycles. The summed E-state index contributed by atoms with van der Waals surface area (Å²) in [5, 5.41) is 8.89. The third kappa shape index (κ3) is 41.1. The summed E-state index contributed by atoms with van der Waals surface area (Å²) in [6.07, 6.45) is 52.1. The number of phosphoric ester groups is 1. The summed E-state index contributed by atoms with van der Waals surface area (Å²) in [7, 11) is -4.63. The Kier molecular flexibility index (Phi) is 39.2. The van der Waals surface area contributed by atoms with Crippen molar-refractivity contribution in [3.05, 3.63) is 85.1 Å². The first-order chi connectivity index (χ1) is 27.7. The van der Waals surface area contributed by atoms with Crippen LogP contribution in [0.2, 0.25) is 0 Å². The molecule has 57 heavy (non-hydrogen) atoms. The minimum absolute atomic E-state index is 0.00442. The van der Waals surface area contributed by atoms with E-state index in [9.17, 15) is 19.0 Å². The third-order valence-corrected chi connectivity index (χ3v) is 9.59. The molecule has 0 aliphatic carbocycles. The Morgan fingerprint density at radius 3 is 1.53 bits per heavy atom. The van der Waals surface area contributed by atoms with Gasteiger partial charge < -0.3 is 25.2 Å². The number of phosphoric acid groups is 1. The predicted octanol–water partition coefficient (Wildman–Crippen LogP) is 12.0. The highest BCUT2D eigenvalue weighted by Gasteiger charge is 2.27. The number of carbonyl (C=O) groups is 2. The molecule has 3 unspecified atom stereocenters. The molecule has 0 saturated carbocycles. The van der Waals surface area contributed by atoms with Crippen molar-refractivity contribution in [2.24, 2.45) is 5.73 Å². The molecular weight excluding hydrogens is 741 g/mol. The molecule has 4 N–H and O–H groups in total. The van der Waals surface area contributed by atoms with Crippen LogP contribution in [0, 0.1) is 0 Å². The van der Waals surface area contributed by atoms with Crippen molar-refractivity contribution >= 4 is 19.8 Å². The maximum atomic E-state index is 12.6. The summed E-state index contributed by atoms with van der Waals surface area (Å²) in [4.78, 5) is 33.5. The molecule has 0 amide bonds. The van der Waals surface area contributed by atoms with Gasteiger partial charge in [-0.2, -0.15) is 0 Å². The highest BCUT2D eigenvalue weighted by molar-refractivity contribution is 7.47. The molecule has 0 aromatic carbocycles. The lowest BCUT2D eigenvalue weighted by molar-refractivity contribution is -0.154. The lowest BCUT2D eigenvalue weighted by atomic mass is 10.1. The molecular formula is C46H78NO9P. The molecule has 0 aliphatic rings. The highest BCUT2D eigenvalue weighted by Crippen LogP contribution is 2.43. The van der Waals surface area contributed by atoms with Crippen LogP contribution in [0.4, 0.5) is 0 Å². The van der Waals surface area contributed by atoms with Gasteiger partial charge in [0.05, 0.1) is 19.8 Å². The standard InChI is InChI=1S/C46H78NO9P/c1-3-5-7-9-11-13-15-17-18-19-20-21-22-23-24-25-27-29-31-33-35-37-39-53-40-43(41-54-57(51,52)55-42-44(47)46(49)50)56-45(48)38-36-34-32-30-28-26-16-14-12-10-8-6-4-2/h5,7-8,10-11,13-14,16-18,20-21,23-24,43-44H,3-4,6,9,12,15,19,22,25-42,47H2,1-2H3,(H,49,50)(H,51,52)/b7-5-,10-8-,13-11-,16-14-,18-17-,21-20-,24-23-. The molecule has 326 valence electrons. The van der Waals surface area contributed by atoms with E-state index >= 15 is 0 Å². The summed E-state index contributed by atoms with van der Waals surface area (Å²) in [6.45, 7) is 3.62. The number of carboxylic acid groups (broad SMARTS) is 1. The zero-order valence-corrected chi connectivity index (χ0v) is 36.3. The van der Waals surface area contributed by atoms with Crippen LogP contribution >= 0.6 is 7.82 Å². The second-order valence-electron chi connectivity index (χ2n) is 14.1. The van der Waals surface area contributed by atoms with Crippen LogP contribution in [0.5, 0.6) is 0 Å². The van der Waals surface area contributed by atoms with Gasteiger partial charge in [-0.25, -0.2) is 4.57 Å². The van der Waals surface area contributed by atoms with Crippen LogP contribution in [0.1, 0.15) is 155 Å². The number of allylic oxidation sites excluding steroid dienone is 14. The van der Waals surface area contributed by atoms with E-state index in [4.69, 9.17) is 29.4 Å². The van der Waals surface area contributed by atoms with Gasteiger partial charge in [0.1, 0.15) is 12.1 Å². The highest BCUT2D eigenvalue weighted by atomic mass is 31.2. The summed E-state index contributed by atoms with van der Waals surface area (Å²) < 4.78 is 33.3. The first kappa shape index (κ1) is 54.2. The molecule has 0 saturated heterocycles. The maximum Gasteiger partial charge on any atom is 0.472 e. The first-order valence-corrected chi connectivity index (χ1v) is 23.1. The van der Waals surface area contributed by atoms with Crippen molar-refractivity contribution in [3.63, 3.8) is 0 Å². The van der Waals surface area contributed by atoms with E-state index in [1.165, 1.54) is 19.3 Å². The van der Waals surface area contributed by atoms with E-state index in [1.54, 1.807) is 0 Å². The molecule has 0 radical (unpaired) electrons. The van der Waals surface area contributed by atoms with Gasteiger partial charge in [0.25, 0.3) is 0 Å². The average molecular weight is 820 g/mol. The van der Waals surface area contributed by atoms with E-state index in [1.807, 2.05) is 0 Å². The first-order valence-electron chi connectivity index (χ1n) is 21.6. The fraction of sp³-hybridized carbons (Fsp3) is 0.652. The number of carbonyl (C=O) groups excluding carboxylic acids is 1. The van der Waals surface area contributed by atoms with E-state index in [0.717, 1.165) is 109 Å². The molecule has 0 aromatic rings. The SMILES string of the molecule is CC/C=C\C/C=C\C/C=C\C/C=C\C/C=C\CCCCCCCCOCC(COP(=O)(O)OCC(N)C(=O)O)OC(=O)CCCCCCC/C=C\C/C=C\CCC. The summed E-state index contributed by atoms with van der Waals surface area (Å²) in [5.41, 5.74) is 5.35. The minimum Gasteiger partial charge on any atom is -0.480 e. The molecule has 0 rings (SSSR count). The van der Waals surface area contributed by atoms with E-state index < -0.39 is 45.1 Å². The number of hydrogen-bond donors (Lipinski definition) is 3. The van der Waals surface area contributed by atoms with Gasteiger partial charge in [-0.1, -0.05) is 150 Å². The average Bonchev–Trinajstić information content (AvgIpc) is 3.19.